The van der Waals surface area contributed by atoms with Crippen molar-refractivity contribution in [2.24, 2.45) is 0 Å². The first-order chi connectivity index (χ1) is 18.1. The maximum absolute atomic E-state index is 11.4. The molecule has 0 saturated heterocycles. The molecule has 0 unspecified atom stereocenters. The van der Waals surface area contributed by atoms with Gasteiger partial charge in [0.1, 0.15) is 0 Å². The summed E-state index contributed by atoms with van der Waals surface area (Å²) in [4.78, 5) is 19.2. The number of nitrogens with zero attached hydrogens (tertiary/aromatic N) is 3. The predicted octanol–water partition coefficient (Wildman–Crippen LogP) is 7.00. The summed E-state index contributed by atoms with van der Waals surface area (Å²) in [7, 11) is 0. The summed E-state index contributed by atoms with van der Waals surface area (Å²) in [6.45, 7) is 3.73. The van der Waals surface area contributed by atoms with Crippen LogP contribution >= 0.6 is 11.3 Å². The van der Waals surface area contributed by atoms with Gasteiger partial charge in [0.05, 0.1) is 17.1 Å². The average molecular weight is 503 g/mol. The minimum atomic E-state index is -0.0811. The Balaban J connectivity index is 1.45. The lowest BCUT2D eigenvalue weighted by Crippen LogP contribution is -2.22. The molecule has 0 atom stereocenters. The van der Waals surface area contributed by atoms with Crippen LogP contribution in [-0.4, -0.2) is 15.8 Å². The lowest BCUT2D eigenvalue weighted by atomic mass is 9.93. The van der Waals surface area contributed by atoms with Crippen LogP contribution in [0.25, 0.3) is 21.9 Å². The Morgan fingerprint density at radius 3 is 2.43 bits per heavy atom. The second kappa shape index (κ2) is 11.2. The van der Waals surface area contributed by atoms with Crippen molar-refractivity contribution >= 4 is 33.7 Å². The molecule has 37 heavy (non-hydrogen) atoms. The fourth-order valence-electron chi connectivity index (χ4n) is 4.59. The quantitative estimate of drug-likeness (QED) is 0.248. The third-order valence-electron chi connectivity index (χ3n) is 6.23. The fourth-order valence-corrected chi connectivity index (χ4v) is 5.23. The van der Waals surface area contributed by atoms with Crippen molar-refractivity contribution < 1.29 is 4.79 Å². The van der Waals surface area contributed by atoms with E-state index in [4.69, 9.17) is 0 Å². The van der Waals surface area contributed by atoms with Crippen LogP contribution in [0.4, 0.5) is 5.69 Å². The van der Waals surface area contributed by atoms with Crippen molar-refractivity contribution in [2.45, 2.75) is 26.6 Å². The van der Waals surface area contributed by atoms with Gasteiger partial charge in [0.15, 0.2) is 0 Å². The summed E-state index contributed by atoms with van der Waals surface area (Å²) in [5, 5.41) is 15.0. The first kappa shape index (κ1) is 24.4. The van der Waals surface area contributed by atoms with Gasteiger partial charge >= 0.3 is 0 Å². The number of benzene rings is 4. The van der Waals surface area contributed by atoms with Crippen LogP contribution in [0.2, 0.25) is 0 Å². The van der Waals surface area contributed by atoms with Crippen molar-refractivity contribution in [1.82, 2.24) is 9.88 Å². The van der Waals surface area contributed by atoms with Gasteiger partial charge in [-0.15, -0.1) is 11.3 Å². The molecule has 0 spiro atoms. The molecule has 0 aliphatic rings. The van der Waals surface area contributed by atoms with Crippen molar-refractivity contribution in [1.29, 1.82) is 5.26 Å². The normalized spacial score (nSPS) is 10.9. The summed E-state index contributed by atoms with van der Waals surface area (Å²) in [6, 6.07) is 31.0. The molecule has 0 radical (unpaired) electrons. The van der Waals surface area contributed by atoms with E-state index in [1.54, 1.807) is 11.3 Å². The van der Waals surface area contributed by atoms with Crippen LogP contribution in [0.15, 0.2) is 96.6 Å². The number of anilines is 1. The molecule has 182 valence electrons. The molecular weight excluding hydrogens is 476 g/mol. The summed E-state index contributed by atoms with van der Waals surface area (Å²) in [5.74, 6) is -0.0811. The Morgan fingerprint density at radius 2 is 1.68 bits per heavy atom. The summed E-state index contributed by atoms with van der Waals surface area (Å²) >= 11 is 1.65. The van der Waals surface area contributed by atoms with E-state index >= 15 is 0 Å². The van der Waals surface area contributed by atoms with E-state index < -0.39 is 0 Å². The van der Waals surface area contributed by atoms with E-state index in [1.807, 2.05) is 66.3 Å². The summed E-state index contributed by atoms with van der Waals surface area (Å²) in [5.41, 5.74) is 7.63. The minimum absolute atomic E-state index is 0.0811. The molecule has 5 rings (SSSR count). The molecule has 4 aromatic carbocycles. The number of nitriles is 1. The number of carbonyl (C=O) groups excluding carboxylic acids is 1. The van der Waals surface area contributed by atoms with E-state index in [0.717, 1.165) is 58.3 Å². The van der Waals surface area contributed by atoms with E-state index in [2.05, 4.69) is 51.6 Å². The van der Waals surface area contributed by atoms with Gasteiger partial charge in [0.25, 0.3) is 0 Å². The van der Waals surface area contributed by atoms with Crippen molar-refractivity contribution in [2.75, 3.05) is 5.32 Å². The highest BCUT2D eigenvalue weighted by molar-refractivity contribution is 7.09. The second-order valence-electron chi connectivity index (χ2n) is 9.01. The first-order valence-electron chi connectivity index (χ1n) is 12.1. The Kier molecular flexibility index (Phi) is 7.36. The van der Waals surface area contributed by atoms with Gasteiger partial charge in [-0.3, -0.25) is 14.7 Å². The third kappa shape index (κ3) is 5.92. The zero-order valence-electron chi connectivity index (χ0n) is 20.5. The molecule has 1 amide bonds. The standard InChI is InChI=1S/C31H26N4OS/c1-22(36)34-27-13-10-23(11-14-27)18-35(20-28-17-33-21-37-28)19-24-9-12-26(16-32)31(15-24)30-8-4-6-25-5-2-3-7-29(25)30/h2-15,17,21H,18-20H2,1H3,(H,34,36). The number of fused-ring (bicyclic) bond motifs is 1. The third-order valence-corrected chi connectivity index (χ3v) is 7.00. The minimum Gasteiger partial charge on any atom is -0.326 e. The number of nitrogens with one attached hydrogen (secondary N) is 1. The van der Waals surface area contributed by atoms with Crippen LogP contribution < -0.4 is 5.32 Å². The molecule has 1 aromatic heterocycles. The predicted molar refractivity (Wildman–Crippen MR) is 150 cm³/mol. The van der Waals surface area contributed by atoms with Crippen molar-refractivity contribution in [3.8, 4) is 17.2 Å². The van der Waals surface area contributed by atoms with Crippen LogP contribution in [0.1, 0.15) is 28.5 Å². The number of aromatic nitrogens is 1. The molecule has 0 bridgehead atoms. The lowest BCUT2D eigenvalue weighted by Gasteiger charge is -2.23. The second-order valence-corrected chi connectivity index (χ2v) is 9.98. The van der Waals surface area contributed by atoms with Gasteiger partial charge in [0.2, 0.25) is 5.91 Å². The van der Waals surface area contributed by atoms with E-state index in [0.29, 0.717) is 5.56 Å². The summed E-state index contributed by atoms with van der Waals surface area (Å²) < 4.78 is 0. The molecule has 0 saturated carbocycles. The monoisotopic (exact) mass is 502 g/mol. The van der Waals surface area contributed by atoms with Gasteiger partial charge < -0.3 is 5.32 Å². The molecule has 5 aromatic rings. The first-order valence-corrected chi connectivity index (χ1v) is 12.9. The number of hydrogen-bond acceptors (Lipinski definition) is 5. The average Bonchev–Trinajstić information content (AvgIpc) is 3.42. The largest absolute Gasteiger partial charge is 0.326 e. The Labute approximate surface area is 220 Å². The molecule has 0 aliphatic carbocycles. The Hall–Kier alpha value is -4.31. The van der Waals surface area contributed by atoms with Crippen molar-refractivity contribution in [3.63, 3.8) is 0 Å². The molecular formula is C31H26N4OS. The molecule has 6 heteroatoms. The maximum atomic E-state index is 11.4. The molecule has 5 nitrogen and oxygen atoms in total. The van der Waals surface area contributed by atoms with Gasteiger partial charge in [0, 0.05) is 48.9 Å². The number of hydrogen-bond donors (Lipinski definition) is 1. The van der Waals surface area contributed by atoms with Gasteiger partial charge in [-0.25, -0.2) is 0 Å². The fraction of sp³-hybridized carbons (Fsp3) is 0.129. The smallest absolute Gasteiger partial charge is 0.221 e. The number of carbonyl (C=O) groups is 1. The zero-order chi connectivity index (χ0) is 25.6. The topological polar surface area (TPSA) is 69.0 Å². The van der Waals surface area contributed by atoms with Crippen LogP contribution in [0, 0.1) is 11.3 Å². The lowest BCUT2D eigenvalue weighted by molar-refractivity contribution is -0.114. The van der Waals surface area contributed by atoms with E-state index in [-0.39, 0.29) is 5.91 Å². The van der Waals surface area contributed by atoms with Crippen molar-refractivity contribution in [3.05, 3.63) is 118 Å². The van der Waals surface area contributed by atoms with Crippen LogP contribution in [0.5, 0.6) is 0 Å². The highest BCUT2D eigenvalue weighted by Crippen LogP contribution is 2.32. The van der Waals surface area contributed by atoms with E-state index in [1.165, 1.54) is 11.8 Å². The van der Waals surface area contributed by atoms with E-state index in [9.17, 15) is 10.1 Å². The van der Waals surface area contributed by atoms with Gasteiger partial charge in [-0.1, -0.05) is 60.7 Å². The summed E-state index contributed by atoms with van der Waals surface area (Å²) in [6.07, 6.45) is 1.91. The highest BCUT2D eigenvalue weighted by Gasteiger charge is 2.14. The number of thiazole rings is 1. The SMILES string of the molecule is CC(=O)Nc1ccc(CN(Cc2ccc(C#N)c(-c3cccc4ccccc34)c2)Cc2cncs2)cc1. The number of amides is 1. The highest BCUT2D eigenvalue weighted by atomic mass is 32.1. The Morgan fingerprint density at radius 1 is 0.919 bits per heavy atom. The molecule has 0 fully saturated rings. The maximum Gasteiger partial charge on any atom is 0.221 e. The molecule has 1 N–H and O–H groups in total. The van der Waals surface area contributed by atoms with Gasteiger partial charge in [-0.2, -0.15) is 5.26 Å². The van der Waals surface area contributed by atoms with Crippen LogP contribution in [0.3, 0.4) is 0 Å². The number of rotatable bonds is 8. The zero-order valence-corrected chi connectivity index (χ0v) is 21.3. The van der Waals surface area contributed by atoms with Crippen LogP contribution in [-0.2, 0) is 24.4 Å². The Bertz CT molecular complexity index is 1560. The molecule has 0 aliphatic heterocycles. The van der Waals surface area contributed by atoms with Gasteiger partial charge in [-0.05, 0) is 51.7 Å². The molecule has 1 heterocycles.